The van der Waals surface area contributed by atoms with Crippen LogP contribution in [-0.2, 0) is 0 Å². The standard InChI is InChI=1S/C18H16N2O4/c19-13-3-1-9(5-17(13)23)11-7-16(22)12(8-15(11)21)10-2-4-14(20)18(24)6-10/h1-8,21-24H,19-20H2. The van der Waals surface area contributed by atoms with Crippen molar-refractivity contribution in [3.05, 3.63) is 48.5 Å². The second kappa shape index (κ2) is 5.58. The number of benzene rings is 3. The van der Waals surface area contributed by atoms with E-state index >= 15 is 0 Å². The van der Waals surface area contributed by atoms with Crippen LogP contribution in [0.1, 0.15) is 0 Å². The van der Waals surface area contributed by atoms with Gasteiger partial charge in [0.05, 0.1) is 11.4 Å². The first-order chi connectivity index (χ1) is 11.4. The second-order valence-electron chi connectivity index (χ2n) is 5.43. The Balaban J connectivity index is 2.11. The summed E-state index contributed by atoms with van der Waals surface area (Å²) in [7, 11) is 0. The third kappa shape index (κ3) is 2.61. The molecule has 6 heteroatoms. The van der Waals surface area contributed by atoms with Crippen LogP contribution in [0.25, 0.3) is 22.3 Å². The lowest BCUT2D eigenvalue weighted by Gasteiger charge is -2.12. The van der Waals surface area contributed by atoms with Gasteiger partial charge in [-0.05, 0) is 47.5 Å². The van der Waals surface area contributed by atoms with E-state index in [1.54, 1.807) is 12.1 Å². The van der Waals surface area contributed by atoms with Gasteiger partial charge in [-0.2, -0.15) is 0 Å². The number of phenols is 4. The molecule has 0 heterocycles. The summed E-state index contributed by atoms with van der Waals surface area (Å²) in [5.41, 5.74) is 13.2. The summed E-state index contributed by atoms with van der Waals surface area (Å²) < 4.78 is 0. The van der Waals surface area contributed by atoms with Crippen LogP contribution in [0.2, 0.25) is 0 Å². The van der Waals surface area contributed by atoms with E-state index < -0.39 is 0 Å². The van der Waals surface area contributed by atoms with Gasteiger partial charge in [0.25, 0.3) is 0 Å². The van der Waals surface area contributed by atoms with Crippen LogP contribution >= 0.6 is 0 Å². The molecule has 0 bridgehead atoms. The fourth-order valence-electron chi connectivity index (χ4n) is 2.46. The average Bonchev–Trinajstić information content (AvgIpc) is 2.54. The third-order valence-electron chi connectivity index (χ3n) is 3.80. The lowest BCUT2D eigenvalue weighted by Crippen LogP contribution is -1.89. The Bertz CT molecular complexity index is 861. The predicted octanol–water partition coefficient (Wildman–Crippen LogP) is 3.01. The van der Waals surface area contributed by atoms with Crippen molar-refractivity contribution in [2.45, 2.75) is 0 Å². The molecule has 6 nitrogen and oxygen atoms in total. The van der Waals surface area contributed by atoms with E-state index in [0.717, 1.165) is 0 Å². The maximum absolute atomic E-state index is 10.3. The van der Waals surface area contributed by atoms with Crippen LogP contribution in [0.4, 0.5) is 11.4 Å². The van der Waals surface area contributed by atoms with Gasteiger partial charge >= 0.3 is 0 Å². The molecule has 0 aliphatic heterocycles. The van der Waals surface area contributed by atoms with Gasteiger partial charge in [-0.15, -0.1) is 0 Å². The Morgan fingerprint density at radius 3 is 1.21 bits per heavy atom. The van der Waals surface area contributed by atoms with E-state index in [4.69, 9.17) is 11.5 Å². The molecule has 0 saturated heterocycles. The summed E-state index contributed by atoms with van der Waals surface area (Å²) in [6, 6.07) is 11.8. The molecular formula is C18H16N2O4. The van der Waals surface area contributed by atoms with E-state index in [9.17, 15) is 20.4 Å². The van der Waals surface area contributed by atoms with Crippen LogP contribution in [0.15, 0.2) is 48.5 Å². The molecule has 0 atom stereocenters. The first-order valence-corrected chi connectivity index (χ1v) is 7.10. The van der Waals surface area contributed by atoms with Crippen LogP contribution < -0.4 is 11.5 Å². The van der Waals surface area contributed by atoms with E-state index in [2.05, 4.69) is 0 Å². The average molecular weight is 324 g/mol. The zero-order valence-corrected chi connectivity index (χ0v) is 12.6. The fourth-order valence-corrected chi connectivity index (χ4v) is 2.46. The number of rotatable bonds is 2. The maximum Gasteiger partial charge on any atom is 0.139 e. The summed E-state index contributed by atoms with van der Waals surface area (Å²) >= 11 is 0. The predicted molar refractivity (Wildman–Crippen MR) is 92.8 cm³/mol. The molecule has 0 unspecified atom stereocenters. The highest BCUT2D eigenvalue weighted by Crippen LogP contribution is 2.42. The minimum Gasteiger partial charge on any atom is -0.507 e. The summed E-state index contributed by atoms with van der Waals surface area (Å²) in [5, 5.41) is 40.0. The Kier molecular flexibility index (Phi) is 3.57. The molecule has 0 radical (unpaired) electrons. The van der Waals surface area contributed by atoms with Crippen molar-refractivity contribution in [3.8, 4) is 45.3 Å². The van der Waals surface area contributed by atoms with Crippen molar-refractivity contribution in [2.75, 3.05) is 11.5 Å². The molecular weight excluding hydrogens is 308 g/mol. The van der Waals surface area contributed by atoms with Crippen LogP contribution in [-0.4, -0.2) is 20.4 Å². The highest BCUT2D eigenvalue weighted by atomic mass is 16.3. The minimum absolute atomic E-state index is 0.0942. The summed E-state index contributed by atoms with van der Waals surface area (Å²) in [6.07, 6.45) is 0. The molecule has 0 saturated carbocycles. The smallest absolute Gasteiger partial charge is 0.139 e. The van der Waals surface area contributed by atoms with Gasteiger partial charge in [0.15, 0.2) is 0 Å². The molecule has 0 aliphatic rings. The van der Waals surface area contributed by atoms with Crippen LogP contribution in [0, 0.1) is 0 Å². The molecule has 0 spiro atoms. The molecule has 0 fully saturated rings. The van der Waals surface area contributed by atoms with Crippen LogP contribution in [0.3, 0.4) is 0 Å². The Labute approximate surface area is 137 Å². The van der Waals surface area contributed by atoms with E-state index in [-0.39, 0.29) is 34.4 Å². The maximum atomic E-state index is 10.3. The Morgan fingerprint density at radius 1 is 0.500 bits per heavy atom. The van der Waals surface area contributed by atoms with E-state index in [0.29, 0.717) is 22.3 Å². The first kappa shape index (κ1) is 15.4. The third-order valence-corrected chi connectivity index (χ3v) is 3.80. The van der Waals surface area contributed by atoms with Crippen molar-refractivity contribution in [1.82, 2.24) is 0 Å². The van der Waals surface area contributed by atoms with Gasteiger partial charge in [-0.1, -0.05) is 12.1 Å². The summed E-state index contributed by atoms with van der Waals surface area (Å²) in [4.78, 5) is 0. The number of phenolic OH excluding ortho intramolecular Hbond substituents is 4. The van der Waals surface area contributed by atoms with Gasteiger partial charge in [-0.3, -0.25) is 0 Å². The Morgan fingerprint density at radius 2 is 0.875 bits per heavy atom. The molecule has 3 aromatic rings. The van der Waals surface area contributed by atoms with Crippen molar-refractivity contribution in [1.29, 1.82) is 0 Å². The lowest BCUT2D eigenvalue weighted by atomic mass is 9.97. The molecule has 0 aliphatic carbocycles. The SMILES string of the molecule is Nc1ccc(-c2cc(O)c(-c3ccc(N)c(O)c3)cc2O)cc1O. The van der Waals surface area contributed by atoms with Crippen molar-refractivity contribution in [2.24, 2.45) is 0 Å². The number of aromatic hydroxyl groups is 4. The van der Waals surface area contributed by atoms with E-state index in [1.165, 1.54) is 36.4 Å². The monoisotopic (exact) mass is 324 g/mol. The lowest BCUT2D eigenvalue weighted by molar-refractivity contribution is 0.463. The molecule has 122 valence electrons. The first-order valence-electron chi connectivity index (χ1n) is 7.10. The van der Waals surface area contributed by atoms with Gasteiger partial charge in [-0.25, -0.2) is 0 Å². The number of hydrogen-bond acceptors (Lipinski definition) is 6. The zero-order valence-electron chi connectivity index (χ0n) is 12.6. The van der Waals surface area contributed by atoms with Gasteiger partial charge in [0.2, 0.25) is 0 Å². The zero-order chi connectivity index (χ0) is 17.4. The van der Waals surface area contributed by atoms with E-state index in [1.807, 2.05) is 0 Å². The van der Waals surface area contributed by atoms with Crippen molar-refractivity contribution in [3.63, 3.8) is 0 Å². The molecule has 24 heavy (non-hydrogen) atoms. The number of nitrogens with two attached hydrogens (primary N) is 2. The fraction of sp³-hybridized carbons (Fsp3) is 0. The molecule has 3 aromatic carbocycles. The Hall–Kier alpha value is -3.54. The van der Waals surface area contributed by atoms with Gasteiger partial charge in [0, 0.05) is 11.1 Å². The molecule has 3 rings (SSSR count). The van der Waals surface area contributed by atoms with Gasteiger partial charge in [0.1, 0.15) is 23.0 Å². The number of hydrogen-bond donors (Lipinski definition) is 6. The number of nitrogen functional groups attached to an aromatic ring is 2. The highest BCUT2D eigenvalue weighted by Gasteiger charge is 2.14. The molecule has 8 N–H and O–H groups in total. The normalized spacial score (nSPS) is 10.7. The quantitative estimate of drug-likeness (QED) is 0.244. The topological polar surface area (TPSA) is 133 Å². The summed E-state index contributed by atoms with van der Waals surface area (Å²) in [5.74, 6) is -0.413. The van der Waals surface area contributed by atoms with Crippen molar-refractivity contribution >= 4 is 11.4 Å². The van der Waals surface area contributed by atoms with Crippen molar-refractivity contribution < 1.29 is 20.4 Å². The molecule has 0 amide bonds. The molecule has 0 aromatic heterocycles. The largest absolute Gasteiger partial charge is 0.507 e. The highest BCUT2D eigenvalue weighted by molar-refractivity contribution is 5.82. The minimum atomic E-state index is -0.112. The summed E-state index contributed by atoms with van der Waals surface area (Å²) in [6.45, 7) is 0. The second-order valence-corrected chi connectivity index (χ2v) is 5.43. The van der Waals surface area contributed by atoms with Gasteiger partial charge < -0.3 is 31.9 Å². The van der Waals surface area contributed by atoms with Crippen LogP contribution in [0.5, 0.6) is 23.0 Å². The number of anilines is 2.